The van der Waals surface area contributed by atoms with E-state index in [1.165, 1.54) is 5.56 Å². The highest BCUT2D eigenvalue weighted by molar-refractivity contribution is 7.46. The van der Waals surface area contributed by atoms with Gasteiger partial charge in [-0.15, -0.1) is 0 Å². The molecule has 0 aliphatic rings. The van der Waals surface area contributed by atoms with Gasteiger partial charge in [0, 0.05) is 5.56 Å². The first-order chi connectivity index (χ1) is 13.7. The molecule has 29 heavy (non-hydrogen) atoms. The Hall–Kier alpha value is -2.39. The van der Waals surface area contributed by atoms with E-state index in [4.69, 9.17) is 4.52 Å². The first-order valence-electron chi connectivity index (χ1n) is 9.74. The van der Waals surface area contributed by atoms with Gasteiger partial charge in [0.25, 0.3) is 0 Å². The zero-order chi connectivity index (χ0) is 21.2. The van der Waals surface area contributed by atoms with E-state index in [1.54, 1.807) is 12.1 Å². The highest BCUT2D eigenvalue weighted by Gasteiger charge is 2.22. The van der Waals surface area contributed by atoms with Crippen molar-refractivity contribution in [3.05, 3.63) is 77.9 Å². The molecule has 4 nitrogen and oxygen atoms in total. The molecule has 0 radical (unpaired) electrons. The van der Waals surface area contributed by atoms with Crippen molar-refractivity contribution >= 4 is 7.82 Å². The van der Waals surface area contributed by atoms with E-state index in [9.17, 15) is 14.4 Å². The second-order valence-electron chi connectivity index (χ2n) is 7.82. The van der Waals surface area contributed by atoms with Crippen LogP contribution in [0, 0.1) is 0 Å². The van der Waals surface area contributed by atoms with E-state index in [0.717, 1.165) is 22.3 Å². The van der Waals surface area contributed by atoms with Gasteiger partial charge in [0.15, 0.2) is 0 Å². The Bertz CT molecular complexity index is 1050. The molecule has 3 rings (SSSR count). The average Bonchev–Trinajstić information content (AvgIpc) is 2.66. The maximum atomic E-state index is 11.6. The molecule has 0 aliphatic heterocycles. The zero-order valence-corrected chi connectivity index (χ0v) is 18.1. The molecule has 0 fully saturated rings. The monoisotopic (exact) mass is 410 g/mol. The lowest BCUT2D eigenvalue weighted by molar-refractivity contribution is 0.283. The first-order valence-corrected chi connectivity index (χ1v) is 11.3. The third-order valence-electron chi connectivity index (χ3n) is 4.95. The van der Waals surface area contributed by atoms with Crippen molar-refractivity contribution in [3.63, 3.8) is 0 Å². The minimum Gasteiger partial charge on any atom is -0.404 e. The number of rotatable bonds is 6. The minimum absolute atomic E-state index is 0.173. The van der Waals surface area contributed by atoms with E-state index >= 15 is 0 Å². The van der Waals surface area contributed by atoms with E-state index < -0.39 is 7.82 Å². The predicted molar refractivity (Wildman–Crippen MR) is 118 cm³/mol. The van der Waals surface area contributed by atoms with Gasteiger partial charge >= 0.3 is 7.82 Å². The molecule has 3 aromatic rings. The minimum atomic E-state index is -4.70. The fourth-order valence-corrected chi connectivity index (χ4v) is 3.80. The van der Waals surface area contributed by atoms with Crippen molar-refractivity contribution in [1.29, 1.82) is 0 Å². The van der Waals surface area contributed by atoms with Crippen molar-refractivity contribution in [2.24, 2.45) is 0 Å². The van der Waals surface area contributed by atoms with Crippen LogP contribution in [0.15, 0.2) is 66.7 Å². The zero-order valence-electron chi connectivity index (χ0n) is 17.2. The maximum Gasteiger partial charge on any atom is 0.524 e. The van der Waals surface area contributed by atoms with Crippen LogP contribution >= 0.6 is 7.82 Å². The Morgan fingerprint density at radius 1 is 0.759 bits per heavy atom. The van der Waals surface area contributed by atoms with Crippen LogP contribution in [0.1, 0.15) is 50.7 Å². The Labute approximate surface area is 172 Å². The number of hydrogen-bond donors (Lipinski definition) is 2. The maximum absolute atomic E-state index is 11.6. The molecule has 5 heteroatoms. The molecule has 0 heterocycles. The Morgan fingerprint density at radius 3 is 1.83 bits per heavy atom. The summed E-state index contributed by atoms with van der Waals surface area (Å²) < 4.78 is 16.7. The topological polar surface area (TPSA) is 66.8 Å². The van der Waals surface area contributed by atoms with Crippen LogP contribution in [0.4, 0.5) is 0 Å². The smallest absolute Gasteiger partial charge is 0.404 e. The van der Waals surface area contributed by atoms with Gasteiger partial charge in [-0.3, -0.25) is 9.79 Å². The van der Waals surface area contributed by atoms with Gasteiger partial charge in [-0.25, -0.2) is 4.57 Å². The van der Waals surface area contributed by atoms with Crippen LogP contribution in [0.25, 0.3) is 22.3 Å². The molecule has 0 saturated carbocycles. The fourth-order valence-electron chi connectivity index (χ4n) is 3.39. The number of phosphoric acid groups is 1. The molecule has 0 atom stereocenters. The fraction of sp³-hybridized carbons (Fsp3) is 0.250. The molecule has 0 aromatic heterocycles. The standard InChI is InChI=1S/C24H27O4P/c1-16(2)18-8-5-10-20(14-18)22-12-7-13-23(28-29(25,26)27)24(22)21-11-6-9-19(15-21)17(3)4/h5-17H,1-4H3,(H2,25,26,27). The van der Waals surface area contributed by atoms with Gasteiger partial charge in [0.2, 0.25) is 0 Å². The molecule has 0 bridgehead atoms. The highest BCUT2D eigenvalue weighted by atomic mass is 31.2. The van der Waals surface area contributed by atoms with Crippen molar-refractivity contribution in [3.8, 4) is 28.0 Å². The lowest BCUT2D eigenvalue weighted by Gasteiger charge is -2.18. The van der Waals surface area contributed by atoms with Gasteiger partial charge in [0.05, 0.1) is 0 Å². The normalized spacial score (nSPS) is 11.9. The summed E-state index contributed by atoms with van der Waals surface area (Å²) in [5.41, 5.74) is 5.75. The van der Waals surface area contributed by atoms with Gasteiger partial charge in [-0.2, -0.15) is 0 Å². The Morgan fingerprint density at radius 2 is 1.28 bits per heavy atom. The van der Waals surface area contributed by atoms with Gasteiger partial charge < -0.3 is 4.52 Å². The molecular formula is C24H27O4P. The summed E-state index contributed by atoms with van der Waals surface area (Å²) in [5.74, 6) is 0.876. The summed E-state index contributed by atoms with van der Waals surface area (Å²) in [5, 5.41) is 0. The van der Waals surface area contributed by atoms with Crippen molar-refractivity contribution in [1.82, 2.24) is 0 Å². The van der Waals surface area contributed by atoms with Gasteiger partial charge in [-0.05, 0) is 45.7 Å². The van der Waals surface area contributed by atoms with Crippen LogP contribution in [-0.2, 0) is 4.57 Å². The second-order valence-corrected chi connectivity index (χ2v) is 8.98. The van der Waals surface area contributed by atoms with Crippen molar-refractivity contribution < 1.29 is 18.9 Å². The number of phosphoric ester groups is 1. The average molecular weight is 410 g/mol. The third-order valence-corrected chi connectivity index (χ3v) is 5.38. The molecule has 0 spiro atoms. The molecule has 152 valence electrons. The van der Waals surface area contributed by atoms with E-state index in [-0.39, 0.29) is 5.75 Å². The molecule has 0 aliphatic carbocycles. The quantitative estimate of drug-likeness (QED) is 0.442. The van der Waals surface area contributed by atoms with Crippen LogP contribution in [0.3, 0.4) is 0 Å². The summed E-state index contributed by atoms with van der Waals surface area (Å²) in [6.45, 7) is 8.51. The van der Waals surface area contributed by atoms with E-state index in [0.29, 0.717) is 17.4 Å². The molecule has 2 N–H and O–H groups in total. The van der Waals surface area contributed by atoms with E-state index in [1.807, 2.05) is 30.3 Å². The summed E-state index contributed by atoms with van der Waals surface area (Å²) in [6, 6.07) is 21.6. The van der Waals surface area contributed by atoms with Gasteiger partial charge in [0.1, 0.15) is 5.75 Å². The summed E-state index contributed by atoms with van der Waals surface area (Å²) >= 11 is 0. The van der Waals surface area contributed by atoms with Crippen LogP contribution in [0.5, 0.6) is 5.75 Å². The number of hydrogen-bond acceptors (Lipinski definition) is 2. The summed E-state index contributed by atoms with van der Waals surface area (Å²) in [6.07, 6.45) is 0. The van der Waals surface area contributed by atoms with Gasteiger partial charge in [-0.1, -0.05) is 88.4 Å². The summed E-state index contributed by atoms with van der Waals surface area (Å²) in [4.78, 5) is 18.9. The second kappa shape index (κ2) is 8.54. The molecule has 3 aromatic carbocycles. The predicted octanol–water partition coefficient (Wildman–Crippen LogP) is 6.74. The lowest BCUT2D eigenvalue weighted by atomic mass is 9.90. The highest BCUT2D eigenvalue weighted by Crippen LogP contribution is 2.46. The van der Waals surface area contributed by atoms with Crippen molar-refractivity contribution in [2.75, 3.05) is 0 Å². The molecule has 0 amide bonds. The Balaban J connectivity index is 2.27. The largest absolute Gasteiger partial charge is 0.524 e. The SMILES string of the molecule is CC(C)c1cccc(-c2cccc(OP(=O)(O)O)c2-c2cccc(C(C)C)c2)c1. The molecule has 0 unspecified atom stereocenters. The van der Waals surface area contributed by atoms with E-state index in [2.05, 4.69) is 52.0 Å². The third kappa shape index (κ3) is 5.16. The molecular weight excluding hydrogens is 383 g/mol. The Kier molecular flexibility index (Phi) is 6.28. The van der Waals surface area contributed by atoms with Crippen LogP contribution in [-0.4, -0.2) is 9.79 Å². The van der Waals surface area contributed by atoms with Crippen LogP contribution in [0.2, 0.25) is 0 Å². The lowest BCUT2D eigenvalue weighted by Crippen LogP contribution is -1.97. The number of benzene rings is 3. The van der Waals surface area contributed by atoms with Crippen LogP contribution < -0.4 is 4.52 Å². The summed E-state index contributed by atoms with van der Waals surface area (Å²) in [7, 11) is -4.70. The molecule has 0 saturated heterocycles. The van der Waals surface area contributed by atoms with Crippen molar-refractivity contribution in [2.45, 2.75) is 39.5 Å². The first kappa shape index (κ1) is 21.3.